The highest BCUT2D eigenvalue weighted by Gasteiger charge is 2.49. The molecule has 1 aliphatic heterocycles. The van der Waals surface area contributed by atoms with Crippen LogP contribution in [-0.4, -0.2) is 70.6 Å². The Bertz CT molecular complexity index is 638. The molecule has 7 nitrogen and oxygen atoms in total. The van der Waals surface area contributed by atoms with Gasteiger partial charge in [-0.1, -0.05) is 90.4 Å². The number of nitrogens with zero attached hydrogens (tertiary/aromatic N) is 2. The van der Waals surface area contributed by atoms with Crippen molar-refractivity contribution in [1.29, 1.82) is 0 Å². The minimum atomic E-state index is -4.02. The van der Waals surface area contributed by atoms with Crippen LogP contribution in [0.15, 0.2) is 0 Å². The Labute approximate surface area is 229 Å². The average Bonchev–Trinajstić information content (AvgIpc) is 2.79. The topological polar surface area (TPSA) is 79.2 Å². The molecule has 0 aromatic heterocycles. The number of quaternary nitrogens is 1. The summed E-state index contributed by atoms with van der Waals surface area (Å²) in [5, 5.41) is 12.1. The molecule has 222 valence electrons. The lowest BCUT2D eigenvalue weighted by atomic mass is 9.77. The number of piperidine rings is 1. The standard InChI is InChI=1S/C29H61N2O5P/c1-8-9-10-11-12-13-14-15-16-17-18-19-20-21-23-35-37(33,34)36-24-22-31(6,7)27-25-28(2,3)30(32)29(4,5)26-27/h27,32H,8-26H2,1-7H3/p+1. The molecular weight excluding hydrogens is 487 g/mol. The Morgan fingerprint density at radius 2 is 1.14 bits per heavy atom. The first-order valence-corrected chi connectivity index (χ1v) is 16.7. The summed E-state index contributed by atoms with van der Waals surface area (Å²) in [5.74, 6) is 0. The van der Waals surface area contributed by atoms with Crippen LogP contribution in [0, 0.1) is 0 Å². The lowest BCUT2D eigenvalue weighted by Crippen LogP contribution is -2.66. The predicted molar refractivity (Wildman–Crippen MR) is 154 cm³/mol. The summed E-state index contributed by atoms with van der Waals surface area (Å²) >= 11 is 0. The second-order valence-electron chi connectivity index (χ2n) is 13.2. The molecule has 0 aromatic rings. The van der Waals surface area contributed by atoms with Crippen LogP contribution in [0.3, 0.4) is 0 Å². The van der Waals surface area contributed by atoms with Gasteiger partial charge in [0.15, 0.2) is 0 Å². The van der Waals surface area contributed by atoms with E-state index >= 15 is 0 Å². The van der Waals surface area contributed by atoms with Gasteiger partial charge in [0.1, 0.15) is 13.2 Å². The SMILES string of the molecule is CCCCCCCCCCCCCCCCOP(=O)(O)OCC[N+](C)(C)C1CC(C)(C)N(O)C(C)(C)C1. The van der Waals surface area contributed by atoms with E-state index in [4.69, 9.17) is 9.05 Å². The van der Waals surface area contributed by atoms with Crippen molar-refractivity contribution in [2.75, 3.05) is 33.9 Å². The van der Waals surface area contributed by atoms with Gasteiger partial charge in [-0.2, -0.15) is 5.06 Å². The largest absolute Gasteiger partial charge is 0.472 e. The number of rotatable bonds is 21. The van der Waals surface area contributed by atoms with E-state index in [0.29, 0.717) is 17.1 Å². The molecule has 1 fully saturated rings. The quantitative estimate of drug-likeness (QED) is 0.0856. The fourth-order valence-corrected chi connectivity index (χ4v) is 6.55. The number of phosphoric ester groups is 1. The molecule has 1 rings (SSSR count). The molecule has 1 unspecified atom stereocenters. The third-order valence-corrected chi connectivity index (χ3v) is 9.30. The number of likely N-dealkylation sites (N-methyl/N-ethyl adjacent to an activating group) is 1. The zero-order valence-electron chi connectivity index (χ0n) is 25.5. The van der Waals surface area contributed by atoms with Crippen LogP contribution in [-0.2, 0) is 13.6 Å². The Morgan fingerprint density at radius 1 is 0.757 bits per heavy atom. The maximum absolute atomic E-state index is 12.3. The van der Waals surface area contributed by atoms with E-state index in [0.717, 1.165) is 32.1 Å². The number of hydrogen-bond donors (Lipinski definition) is 2. The number of phosphoric acid groups is 1. The van der Waals surface area contributed by atoms with Crippen molar-refractivity contribution in [1.82, 2.24) is 5.06 Å². The molecule has 0 radical (unpaired) electrons. The molecule has 1 saturated heterocycles. The lowest BCUT2D eigenvalue weighted by molar-refractivity contribution is -0.918. The molecular formula is C29H62N2O5P+. The zero-order valence-corrected chi connectivity index (χ0v) is 26.4. The fraction of sp³-hybridized carbons (Fsp3) is 1.00. The van der Waals surface area contributed by atoms with Gasteiger partial charge >= 0.3 is 7.82 Å². The molecule has 8 heteroatoms. The highest BCUT2D eigenvalue weighted by atomic mass is 31.2. The first-order chi connectivity index (χ1) is 17.2. The highest BCUT2D eigenvalue weighted by molar-refractivity contribution is 7.47. The second-order valence-corrected chi connectivity index (χ2v) is 14.7. The molecule has 1 atom stereocenters. The molecule has 0 amide bonds. The van der Waals surface area contributed by atoms with E-state index in [-0.39, 0.29) is 24.3 Å². The summed E-state index contributed by atoms with van der Waals surface area (Å²) in [6, 6.07) is 0.312. The van der Waals surface area contributed by atoms with E-state index in [2.05, 4.69) is 48.7 Å². The molecule has 37 heavy (non-hydrogen) atoms. The van der Waals surface area contributed by atoms with Gasteiger partial charge in [-0.05, 0) is 34.1 Å². The summed E-state index contributed by atoms with van der Waals surface area (Å²) in [7, 11) is 0.236. The van der Waals surface area contributed by atoms with Gasteiger partial charge in [0, 0.05) is 23.9 Å². The second kappa shape index (κ2) is 16.9. The van der Waals surface area contributed by atoms with Gasteiger partial charge in [-0.3, -0.25) is 9.05 Å². The maximum Gasteiger partial charge on any atom is 0.472 e. The minimum Gasteiger partial charge on any atom is -0.324 e. The smallest absolute Gasteiger partial charge is 0.324 e. The van der Waals surface area contributed by atoms with Crippen molar-refractivity contribution in [3.05, 3.63) is 0 Å². The van der Waals surface area contributed by atoms with E-state index < -0.39 is 7.82 Å². The van der Waals surface area contributed by atoms with Crippen molar-refractivity contribution in [2.24, 2.45) is 0 Å². The van der Waals surface area contributed by atoms with Gasteiger partial charge < -0.3 is 14.6 Å². The molecule has 0 bridgehead atoms. The molecule has 0 aliphatic carbocycles. The van der Waals surface area contributed by atoms with Crippen LogP contribution in [0.5, 0.6) is 0 Å². The number of hydrogen-bond acceptors (Lipinski definition) is 5. The predicted octanol–water partition coefficient (Wildman–Crippen LogP) is 8.09. The Kier molecular flexibility index (Phi) is 16.0. The van der Waals surface area contributed by atoms with E-state index in [1.807, 2.05) is 0 Å². The van der Waals surface area contributed by atoms with Crippen LogP contribution >= 0.6 is 7.82 Å². The Morgan fingerprint density at radius 3 is 1.57 bits per heavy atom. The highest BCUT2D eigenvalue weighted by Crippen LogP contribution is 2.44. The van der Waals surface area contributed by atoms with Crippen molar-refractivity contribution in [3.63, 3.8) is 0 Å². The van der Waals surface area contributed by atoms with Gasteiger partial charge in [0.05, 0.1) is 26.7 Å². The van der Waals surface area contributed by atoms with E-state index in [9.17, 15) is 14.7 Å². The third-order valence-electron chi connectivity index (χ3n) is 8.28. The first-order valence-electron chi connectivity index (χ1n) is 15.2. The summed E-state index contributed by atoms with van der Waals surface area (Å²) in [6.07, 6.45) is 19.5. The monoisotopic (exact) mass is 549 g/mol. The van der Waals surface area contributed by atoms with E-state index in [1.54, 1.807) is 0 Å². The van der Waals surface area contributed by atoms with Crippen LogP contribution in [0.2, 0.25) is 0 Å². The van der Waals surface area contributed by atoms with Gasteiger partial charge in [0.2, 0.25) is 0 Å². The summed E-state index contributed by atoms with van der Waals surface area (Å²) in [6.45, 7) is 11.5. The van der Waals surface area contributed by atoms with Crippen molar-refractivity contribution >= 4 is 7.82 Å². The van der Waals surface area contributed by atoms with Gasteiger partial charge in [-0.25, -0.2) is 4.57 Å². The van der Waals surface area contributed by atoms with Crippen LogP contribution in [0.25, 0.3) is 0 Å². The summed E-state index contributed by atoms with van der Waals surface area (Å²) in [5.41, 5.74) is -0.655. The van der Waals surface area contributed by atoms with Crippen LogP contribution < -0.4 is 0 Å². The van der Waals surface area contributed by atoms with Crippen LogP contribution in [0.4, 0.5) is 0 Å². The molecule has 0 saturated carbocycles. The van der Waals surface area contributed by atoms with E-state index in [1.165, 1.54) is 75.7 Å². The minimum absolute atomic E-state index is 0.166. The van der Waals surface area contributed by atoms with Crippen molar-refractivity contribution in [2.45, 2.75) is 154 Å². The Hall–Kier alpha value is -0.0100. The maximum atomic E-state index is 12.3. The molecule has 1 aliphatic rings. The third kappa shape index (κ3) is 14.3. The van der Waals surface area contributed by atoms with Crippen molar-refractivity contribution in [3.8, 4) is 0 Å². The fourth-order valence-electron chi connectivity index (χ4n) is 5.80. The van der Waals surface area contributed by atoms with Crippen LogP contribution in [0.1, 0.15) is 137 Å². The average molecular weight is 550 g/mol. The summed E-state index contributed by atoms with van der Waals surface area (Å²) < 4.78 is 23.5. The Balaban J connectivity index is 2.11. The summed E-state index contributed by atoms with van der Waals surface area (Å²) in [4.78, 5) is 10.1. The first kappa shape index (κ1) is 35.0. The van der Waals surface area contributed by atoms with Gasteiger partial charge in [0.25, 0.3) is 0 Å². The van der Waals surface area contributed by atoms with Gasteiger partial charge in [-0.15, -0.1) is 0 Å². The number of unbranched alkanes of at least 4 members (excludes halogenated alkanes) is 13. The van der Waals surface area contributed by atoms with Crippen molar-refractivity contribution < 1.29 is 28.2 Å². The zero-order chi connectivity index (χ0) is 28.0. The molecule has 0 spiro atoms. The normalized spacial score (nSPS) is 20.2. The molecule has 0 aromatic carbocycles. The molecule has 1 heterocycles. The number of hydroxylamine groups is 2. The lowest BCUT2D eigenvalue weighted by Gasteiger charge is -2.54. The molecule has 2 N–H and O–H groups in total.